The Kier molecular flexibility index (Phi) is 10.6. The van der Waals surface area contributed by atoms with Crippen LogP contribution in [0, 0.1) is 0 Å². The summed E-state index contributed by atoms with van der Waals surface area (Å²) < 4.78 is 37.7. The van der Waals surface area contributed by atoms with E-state index in [0.29, 0.717) is 5.56 Å². The molecule has 0 spiro atoms. The average molecular weight is 682 g/mol. The lowest BCUT2D eigenvalue weighted by Crippen LogP contribution is -2.60. The van der Waals surface area contributed by atoms with Crippen molar-refractivity contribution >= 4 is 18.0 Å². The molecule has 17 nitrogen and oxygen atoms in total. The van der Waals surface area contributed by atoms with Gasteiger partial charge >= 0.3 is 11.9 Å². The van der Waals surface area contributed by atoms with Crippen LogP contribution >= 0.6 is 0 Å². The van der Waals surface area contributed by atoms with Crippen molar-refractivity contribution < 1.29 is 83.6 Å². The molecule has 2 aromatic rings. The normalized spacial score (nSPS) is 33.0. The number of phenolic OH excluding ortho intramolecular Hbond substituents is 2. The SMILES string of the molecule is CC(=O)OCC1OC(OC2=Cc3c(OC4OC(COC(C)=O)C(O)C(O)C4O)cc(O)cc3[OH+]C2c2ccc(O)cc2)C(O)C(O)C1O. The Bertz CT molecular complexity index is 1490. The van der Waals surface area contributed by atoms with Gasteiger partial charge in [0, 0.05) is 26.0 Å². The van der Waals surface area contributed by atoms with Crippen molar-refractivity contribution in [1.82, 2.24) is 0 Å². The van der Waals surface area contributed by atoms with E-state index in [1.54, 1.807) is 0 Å². The third-order valence-electron chi connectivity index (χ3n) is 7.87. The minimum Gasteiger partial charge on any atom is -0.571 e. The van der Waals surface area contributed by atoms with Crippen molar-refractivity contribution in [3.63, 3.8) is 0 Å². The van der Waals surface area contributed by atoms with E-state index >= 15 is 0 Å². The zero-order chi connectivity index (χ0) is 34.9. The first kappa shape index (κ1) is 35.1. The molecule has 3 aliphatic rings. The first-order valence-electron chi connectivity index (χ1n) is 14.8. The third kappa shape index (κ3) is 7.58. The molecule has 0 saturated carbocycles. The minimum atomic E-state index is -1.80. The van der Waals surface area contributed by atoms with E-state index < -0.39 is 92.7 Å². The second-order valence-electron chi connectivity index (χ2n) is 11.4. The standard InChI is InChI=1S/C31H36O17/c1-12(32)42-10-21-23(36)25(38)27(40)30(47-21)45-19-8-16(35)7-18-17(19)9-20(29(44-18)14-3-5-15(34)6-4-14)46-31-28(41)26(39)24(37)22(48-31)11-43-13(2)33/h3-9,21-31,34-41H,10-11H2,1-2H3/p+1. The highest BCUT2D eigenvalue weighted by atomic mass is 16.7. The quantitative estimate of drug-likeness (QED) is 0.111. The molecular formula is C31H37O17+. The van der Waals surface area contributed by atoms with Crippen LogP contribution in [0.2, 0.25) is 0 Å². The molecular weight excluding hydrogens is 644 g/mol. The predicted octanol–water partition coefficient (Wildman–Crippen LogP) is -1.43. The van der Waals surface area contributed by atoms with Crippen LogP contribution in [0.15, 0.2) is 42.2 Å². The topological polar surface area (TPSA) is 264 Å². The summed E-state index contributed by atoms with van der Waals surface area (Å²) in [4.78, 5) is 22.7. The molecule has 11 unspecified atom stereocenters. The fraction of sp³-hybridized carbons (Fsp3) is 0.484. The number of benzene rings is 2. The van der Waals surface area contributed by atoms with Crippen molar-refractivity contribution in [1.29, 1.82) is 0 Å². The number of rotatable bonds is 9. The lowest BCUT2D eigenvalue weighted by atomic mass is 9.98. The summed E-state index contributed by atoms with van der Waals surface area (Å²) in [6.45, 7) is 1.34. The number of ether oxygens (including phenoxy) is 7. The van der Waals surface area contributed by atoms with Crippen LogP contribution in [-0.2, 0) is 33.3 Å². The van der Waals surface area contributed by atoms with Crippen molar-refractivity contribution in [2.45, 2.75) is 81.4 Å². The van der Waals surface area contributed by atoms with Gasteiger partial charge < -0.3 is 74.0 Å². The van der Waals surface area contributed by atoms with Gasteiger partial charge in [-0.25, -0.2) is 0 Å². The summed E-state index contributed by atoms with van der Waals surface area (Å²) in [5, 5.41) is 83.6. The monoisotopic (exact) mass is 681 g/mol. The predicted molar refractivity (Wildman–Crippen MR) is 157 cm³/mol. The number of aliphatic hydroxyl groups is 7. The number of esters is 2. The molecule has 0 bridgehead atoms. The first-order valence-corrected chi connectivity index (χ1v) is 14.8. The molecule has 262 valence electrons. The van der Waals surface area contributed by atoms with E-state index in [0.717, 1.165) is 19.9 Å². The van der Waals surface area contributed by atoms with Crippen LogP contribution in [-0.4, -0.2) is 132 Å². The number of aliphatic hydroxyl groups excluding tert-OH is 6. The van der Waals surface area contributed by atoms with Crippen molar-refractivity contribution in [2.75, 3.05) is 13.2 Å². The van der Waals surface area contributed by atoms with E-state index in [1.165, 1.54) is 36.4 Å². The van der Waals surface area contributed by atoms with Crippen LogP contribution in [0.25, 0.3) is 6.08 Å². The number of fused-ring (bicyclic) bond motifs is 1. The Morgan fingerprint density at radius 3 is 1.75 bits per heavy atom. The summed E-state index contributed by atoms with van der Waals surface area (Å²) in [7, 11) is 0. The molecule has 0 aliphatic carbocycles. The first-order chi connectivity index (χ1) is 22.7. The number of carbonyl (C=O) groups is 2. The van der Waals surface area contributed by atoms with Gasteiger partial charge in [0.25, 0.3) is 11.9 Å². The summed E-state index contributed by atoms with van der Waals surface area (Å²) in [5.41, 5.74) is 0.613. The highest BCUT2D eigenvalue weighted by Gasteiger charge is 2.48. The van der Waals surface area contributed by atoms with Gasteiger partial charge in [0.2, 0.25) is 12.6 Å². The van der Waals surface area contributed by atoms with Gasteiger partial charge in [-0.05, 0) is 24.3 Å². The van der Waals surface area contributed by atoms with Crippen LogP contribution in [0.1, 0.15) is 31.1 Å². The maximum Gasteiger partial charge on any atom is 0.302 e. The molecule has 17 heteroatoms. The van der Waals surface area contributed by atoms with Crippen LogP contribution in [0.4, 0.5) is 0 Å². The van der Waals surface area contributed by atoms with E-state index in [-0.39, 0.29) is 34.3 Å². The second-order valence-corrected chi connectivity index (χ2v) is 11.4. The van der Waals surface area contributed by atoms with Crippen molar-refractivity contribution in [3.05, 3.63) is 53.3 Å². The number of hydrogen-bond donors (Lipinski definition) is 8. The Morgan fingerprint density at radius 2 is 1.23 bits per heavy atom. The molecule has 5 rings (SSSR count). The maximum atomic E-state index is 11.4. The van der Waals surface area contributed by atoms with Crippen molar-refractivity contribution in [3.8, 4) is 23.0 Å². The molecule has 3 heterocycles. The number of hydrogen-bond acceptors (Lipinski definition) is 16. The lowest BCUT2D eigenvalue weighted by molar-refractivity contribution is -0.296. The largest absolute Gasteiger partial charge is 0.571 e. The average Bonchev–Trinajstić information content (AvgIpc) is 3.04. The molecule has 2 fully saturated rings. The fourth-order valence-electron chi connectivity index (χ4n) is 5.33. The number of carbonyl (C=O) groups excluding carboxylic acids is 2. The molecule has 2 saturated heterocycles. The second kappa shape index (κ2) is 14.5. The smallest absolute Gasteiger partial charge is 0.302 e. The van der Waals surface area contributed by atoms with Crippen LogP contribution in [0.3, 0.4) is 0 Å². The molecule has 0 aromatic heterocycles. The Morgan fingerprint density at radius 1 is 0.708 bits per heavy atom. The van der Waals surface area contributed by atoms with Crippen LogP contribution < -0.4 is 4.74 Å². The molecule has 3 aliphatic heterocycles. The minimum absolute atomic E-state index is 0.0177. The number of phenols is 2. The highest BCUT2D eigenvalue weighted by Crippen LogP contribution is 2.46. The third-order valence-corrected chi connectivity index (χ3v) is 7.87. The number of aromatic hydroxyl groups is 3. The fourth-order valence-corrected chi connectivity index (χ4v) is 5.33. The van der Waals surface area contributed by atoms with Gasteiger partial charge in [-0.2, -0.15) is 0 Å². The van der Waals surface area contributed by atoms with Crippen LogP contribution in [0.5, 0.6) is 23.0 Å². The lowest BCUT2D eigenvalue weighted by Gasteiger charge is -2.41. The van der Waals surface area contributed by atoms with Gasteiger partial charge in [-0.3, -0.25) is 9.59 Å². The summed E-state index contributed by atoms with van der Waals surface area (Å²) in [5.74, 6) is -1.75. The Hall–Kier alpha value is -4.20. The van der Waals surface area contributed by atoms with E-state index in [2.05, 4.69) is 4.74 Å². The molecule has 48 heavy (non-hydrogen) atoms. The Labute approximate surface area is 272 Å². The summed E-state index contributed by atoms with van der Waals surface area (Å²) in [6.07, 6.45) is -15.9. The van der Waals surface area contributed by atoms with E-state index in [9.17, 15) is 50.4 Å². The van der Waals surface area contributed by atoms with E-state index in [1.807, 2.05) is 0 Å². The summed E-state index contributed by atoms with van der Waals surface area (Å²) >= 11 is 0. The van der Waals surface area contributed by atoms with E-state index in [4.69, 9.17) is 28.4 Å². The van der Waals surface area contributed by atoms with Gasteiger partial charge in [-0.15, -0.1) is 0 Å². The molecule has 11 atom stereocenters. The maximum absolute atomic E-state index is 11.4. The Balaban J connectivity index is 1.49. The zero-order valence-corrected chi connectivity index (χ0v) is 25.6. The van der Waals surface area contributed by atoms with Gasteiger partial charge in [0.1, 0.15) is 84.9 Å². The molecule has 2 aromatic carbocycles. The molecule has 9 N–H and O–H groups in total. The molecule has 0 amide bonds. The highest BCUT2D eigenvalue weighted by molar-refractivity contribution is 5.70. The summed E-state index contributed by atoms with van der Waals surface area (Å²) in [6, 6.07) is 8.31. The molecule has 0 radical (unpaired) electrons. The zero-order valence-electron chi connectivity index (χ0n) is 25.6. The van der Waals surface area contributed by atoms with Gasteiger partial charge in [0.15, 0.2) is 5.76 Å². The van der Waals surface area contributed by atoms with Gasteiger partial charge in [0.05, 0.1) is 11.6 Å². The van der Waals surface area contributed by atoms with Crippen molar-refractivity contribution in [2.24, 2.45) is 0 Å². The van der Waals surface area contributed by atoms with Gasteiger partial charge in [-0.1, -0.05) is 0 Å².